The molecule has 106 valence electrons. The first-order valence-corrected chi connectivity index (χ1v) is 5.99. The number of benzene rings is 1. The van der Waals surface area contributed by atoms with Gasteiger partial charge in [0.2, 0.25) is 0 Å². The Kier molecular flexibility index (Phi) is 3.41. The largest absolute Gasteiger partial charge is 0.416 e. The second-order valence-corrected chi connectivity index (χ2v) is 4.66. The van der Waals surface area contributed by atoms with Crippen LogP contribution in [0.25, 0.3) is 11.3 Å². The number of nitrogens with zero attached hydrogens (tertiary/aromatic N) is 2. The van der Waals surface area contributed by atoms with E-state index in [1.54, 1.807) is 20.8 Å². The molecule has 2 rings (SSSR count). The average molecular weight is 281 g/mol. The normalized spacial score (nSPS) is 11.7. The zero-order chi connectivity index (χ0) is 15.1. The number of nitrogen functional groups attached to an aromatic ring is 1. The molecule has 0 radical (unpaired) electrons. The number of aromatic nitrogens is 2. The minimum absolute atomic E-state index is 0.340. The van der Waals surface area contributed by atoms with Crippen molar-refractivity contribution in [1.29, 1.82) is 0 Å². The molecule has 0 fully saturated rings. The molecule has 6 heteroatoms. The first-order chi connectivity index (χ1) is 9.20. The van der Waals surface area contributed by atoms with Crippen molar-refractivity contribution < 1.29 is 13.2 Å². The third-order valence-corrected chi connectivity index (χ3v) is 3.10. The third-order valence-electron chi connectivity index (χ3n) is 3.10. The molecule has 0 aliphatic rings. The highest BCUT2D eigenvalue weighted by molar-refractivity contribution is 5.70. The van der Waals surface area contributed by atoms with Crippen LogP contribution in [0.1, 0.15) is 22.5 Å². The summed E-state index contributed by atoms with van der Waals surface area (Å²) in [5, 5.41) is 0. The maximum absolute atomic E-state index is 12.7. The van der Waals surface area contributed by atoms with E-state index >= 15 is 0 Å². The van der Waals surface area contributed by atoms with Gasteiger partial charge in [0.1, 0.15) is 11.6 Å². The van der Waals surface area contributed by atoms with Crippen LogP contribution in [-0.4, -0.2) is 9.97 Å². The van der Waals surface area contributed by atoms with Gasteiger partial charge in [0.25, 0.3) is 0 Å². The van der Waals surface area contributed by atoms with Crippen LogP contribution >= 0.6 is 0 Å². The summed E-state index contributed by atoms with van der Waals surface area (Å²) < 4.78 is 38.0. The van der Waals surface area contributed by atoms with Crippen molar-refractivity contribution in [3.8, 4) is 11.3 Å². The summed E-state index contributed by atoms with van der Waals surface area (Å²) in [7, 11) is 0. The van der Waals surface area contributed by atoms with E-state index in [4.69, 9.17) is 5.73 Å². The molecule has 1 heterocycles. The summed E-state index contributed by atoms with van der Waals surface area (Å²) in [6, 6.07) is 3.59. The van der Waals surface area contributed by atoms with Gasteiger partial charge < -0.3 is 5.73 Å². The van der Waals surface area contributed by atoms with Crippen LogP contribution < -0.4 is 5.73 Å². The van der Waals surface area contributed by atoms with E-state index in [1.165, 1.54) is 6.07 Å². The van der Waals surface area contributed by atoms with Crippen LogP contribution in [0.5, 0.6) is 0 Å². The zero-order valence-corrected chi connectivity index (χ0v) is 11.3. The van der Waals surface area contributed by atoms with Crippen LogP contribution in [0.15, 0.2) is 18.2 Å². The quantitative estimate of drug-likeness (QED) is 0.867. The molecule has 0 unspecified atom stereocenters. The fraction of sp³-hybridized carbons (Fsp3) is 0.286. The summed E-state index contributed by atoms with van der Waals surface area (Å²) in [6.45, 7) is 5.07. The maximum Gasteiger partial charge on any atom is 0.416 e. The lowest BCUT2D eigenvalue weighted by atomic mass is 9.99. The Morgan fingerprint density at radius 3 is 2.25 bits per heavy atom. The molecule has 1 aromatic heterocycles. The SMILES string of the molecule is Cc1nc(N)c(C)c(-c2ccc(C(F)(F)F)cc2C)n1. The van der Waals surface area contributed by atoms with Crippen molar-refractivity contribution in [3.63, 3.8) is 0 Å². The molecule has 2 aromatic rings. The molecule has 0 amide bonds. The topological polar surface area (TPSA) is 51.8 Å². The highest BCUT2D eigenvalue weighted by Gasteiger charge is 2.30. The van der Waals surface area contributed by atoms with E-state index in [9.17, 15) is 13.2 Å². The first kappa shape index (κ1) is 14.3. The van der Waals surface area contributed by atoms with E-state index in [0.29, 0.717) is 34.0 Å². The Morgan fingerprint density at radius 2 is 1.70 bits per heavy atom. The number of rotatable bonds is 1. The van der Waals surface area contributed by atoms with E-state index in [0.717, 1.165) is 12.1 Å². The van der Waals surface area contributed by atoms with Crippen LogP contribution in [0.2, 0.25) is 0 Å². The third kappa shape index (κ3) is 2.59. The molecule has 0 aliphatic carbocycles. The predicted molar refractivity (Wildman–Crippen MR) is 71.1 cm³/mol. The van der Waals surface area contributed by atoms with Gasteiger partial charge >= 0.3 is 6.18 Å². The van der Waals surface area contributed by atoms with Crippen molar-refractivity contribution in [1.82, 2.24) is 9.97 Å². The monoisotopic (exact) mass is 281 g/mol. The summed E-state index contributed by atoms with van der Waals surface area (Å²) in [5.74, 6) is 0.828. The van der Waals surface area contributed by atoms with Gasteiger partial charge in [0, 0.05) is 11.1 Å². The number of anilines is 1. The van der Waals surface area contributed by atoms with Crippen molar-refractivity contribution >= 4 is 5.82 Å². The molecule has 1 aromatic carbocycles. The standard InChI is InChI=1S/C14H14F3N3/c1-7-6-10(14(15,16)17)4-5-11(7)12-8(2)13(18)20-9(3)19-12/h4-6H,1-3H3,(H2,18,19,20). The van der Waals surface area contributed by atoms with Gasteiger partial charge in [-0.3, -0.25) is 0 Å². The van der Waals surface area contributed by atoms with E-state index in [1.807, 2.05) is 0 Å². The molecule has 0 spiro atoms. The number of alkyl halides is 3. The first-order valence-electron chi connectivity index (χ1n) is 5.99. The molecule has 20 heavy (non-hydrogen) atoms. The Morgan fingerprint density at radius 1 is 1.05 bits per heavy atom. The van der Waals surface area contributed by atoms with Gasteiger partial charge in [0.05, 0.1) is 11.3 Å². The second kappa shape index (κ2) is 4.77. The fourth-order valence-corrected chi connectivity index (χ4v) is 2.02. The minimum Gasteiger partial charge on any atom is -0.383 e. The second-order valence-electron chi connectivity index (χ2n) is 4.66. The highest BCUT2D eigenvalue weighted by Crippen LogP contribution is 2.34. The molecule has 0 saturated heterocycles. The predicted octanol–water partition coefficient (Wildman–Crippen LogP) is 3.67. The summed E-state index contributed by atoms with van der Waals surface area (Å²) in [4.78, 5) is 8.32. The molecule has 0 bridgehead atoms. The fourth-order valence-electron chi connectivity index (χ4n) is 2.02. The molecule has 0 aliphatic heterocycles. The number of nitrogens with two attached hydrogens (primary N) is 1. The number of halogens is 3. The molecule has 2 N–H and O–H groups in total. The Balaban J connectivity index is 2.60. The molecular weight excluding hydrogens is 267 g/mol. The summed E-state index contributed by atoms with van der Waals surface area (Å²) in [5.41, 5.74) is 7.47. The highest BCUT2D eigenvalue weighted by atomic mass is 19.4. The van der Waals surface area contributed by atoms with E-state index in [-0.39, 0.29) is 0 Å². The van der Waals surface area contributed by atoms with Crippen LogP contribution in [0.3, 0.4) is 0 Å². The van der Waals surface area contributed by atoms with Crippen LogP contribution in [0.4, 0.5) is 19.0 Å². The number of aryl methyl sites for hydroxylation is 2. The van der Waals surface area contributed by atoms with Crippen molar-refractivity contribution in [3.05, 3.63) is 40.7 Å². The Bertz CT molecular complexity index is 663. The number of hydrogen-bond acceptors (Lipinski definition) is 3. The average Bonchev–Trinajstić information content (AvgIpc) is 2.33. The zero-order valence-electron chi connectivity index (χ0n) is 11.3. The van der Waals surface area contributed by atoms with Gasteiger partial charge in [-0.2, -0.15) is 13.2 Å². The van der Waals surface area contributed by atoms with Crippen molar-refractivity contribution in [2.45, 2.75) is 26.9 Å². The maximum atomic E-state index is 12.7. The van der Waals surface area contributed by atoms with Crippen molar-refractivity contribution in [2.24, 2.45) is 0 Å². The van der Waals surface area contributed by atoms with Crippen molar-refractivity contribution in [2.75, 3.05) is 5.73 Å². The van der Waals surface area contributed by atoms with E-state index in [2.05, 4.69) is 9.97 Å². The lowest BCUT2D eigenvalue weighted by molar-refractivity contribution is -0.137. The molecule has 0 saturated carbocycles. The van der Waals surface area contributed by atoms with Gasteiger partial charge in [-0.05, 0) is 38.5 Å². The van der Waals surface area contributed by atoms with Crippen LogP contribution in [-0.2, 0) is 6.18 Å². The Labute approximate surface area is 114 Å². The van der Waals surface area contributed by atoms with Gasteiger partial charge in [0.15, 0.2) is 0 Å². The molecule has 0 atom stereocenters. The Hall–Kier alpha value is -2.11. The van der Waals surface area contributed by atoms with Gasteiger partial charge in [-0.25, -0.2) is 9.97 Å². The van der Waals surface area contributed by atoms with Crippen LogP contribution in [0, 0.1) is 20.8 Å². The minimum atomic E-state index is -4.35. The summed E-state index contributed by atoms with van der Waals surface area (Å²) >= 11 is 0. The van der Waals surface area contributed by atoms with E-state index < -0.39 is 11.7 Å². The smallest absolute Gasteiger partial charge is 0.383 e. The van der Waals surface area contributed by atoms with Gasteiger partial charge in [-0.15, -0.1) is 0 Å². The summed E-state index contributed by atoms with van der Waals surface area (Å²) in [6.07, 6.45) is -4.35. The molecular formula is C14H14F3N3. The molecule has 3 nitrogen and oxygen atoms in total. The lowest BCUT2D eigenvalue weighted by Gasteiger charge is -2.13. The lowest BCUT2D eigenvalue weighted by Crippen LogP contribution is -2.06. The number of hydrogen-bond donors (Lipinski definition) is 1. The van der Waals surface area contributed by atoms with Gasteiger partial charge in [-0.1, -0.05) is 6.07 Å².